The molecule has 2 heterocycles. The molecule has 0 saturated carbocycles. The molecular weight excluding hydrogens is 284 g/mol. The van der Waals surface area contributed by atoms with Crippen molar-refractivity contribution in [1.29, 1.82) is 0 Å². The average molecular weight is 310 g/mol. The first-order valence-electron chi connectivity index (χ1n) is 7.75. The van der Waals surface area contributed by atoms with Crippen molar-refractivity contribution in [2.75, 3.05) is 32.7 Å². The smallest absolute Gasteiger partial charge is 0.237 e. The molecule has 118 valence electrons. The molecule has 1 amide bonds. The van der Waals surface area contributed by atoms with Gasteiger partial charge in [0.1, 0.15) is 0 Å². The van der Waals surface area contributed by atoms with Gasteiger partial charge in [-0.2, -0.15) is 0 Å². The Kier molecular flexibility index (Phi) is 6.14. The summed E-state index contributed by atoms with van der Waals surface area (Å²) in [6, 6.07) is -0.0276. The number of rotatable bonds is 6. The Bertz CT molecular complexity index is 454. The van der Waals surface area contributed by atoms with Gasteiger partial charge in [0.05, 0.1) is 16.7 Å². The molecule has 0 spiro atoms. The van der Waals surface area contributed by atoms with E-state index in [1.165, 1.54) is 5.69 Å². The van der Waals surface area contributed by atoms with E-state index < -0.39 is 0 Å². The summed E-state index contributed by atoms with van der Waals surface area (Å²) in [5, 5.41) is 6.25. The van der Waals surface area contributed by atoms with Crippen LogP contribution in [-0.2, 0) is 11.3 Å². The Morgan fingerprint density at radius 3 is 2.71 bits per heavy atom. The Balaban J connectivity index is 1.76. The maximum atomic E-state index is 12.0. The molecule has 21 heavy (non-hydrogen) atoms. The van der Waals surface area contributed by atoms with Crippen LogP contribution in [0.4, 0.5) is 0 Å². The van der Waals surface area contributed by atoms with Crippen LogP contribution in [-0.4, -0.2) is 59.5 Å². The van der Waals surface area contributed by atoms with Gasteiger partial charge in [-0.1, -0.05) is 6.92 Å². The van der Waals surface area contributed by atoms with Gasteiger partial charge in [0, 0.05) is 44.6 Å². The van der Waals surface area contributed by atoms with Crippen molar-refractivity contribution < 1.29 is 4.79 Å². The third-order valence-corrected chi connectivity index (χ3v) is 4.76. The topological polar surface area (TPSA) is 48.5 Å². The predicted molar refractivity (Wildman–Crippen MR) is 86.5 cm³/mol. The van der Waals surface area contributed by atoms with Crippen LogP contribution in [0, 0.1) is 6.92 Å². The van der Waals surface area contributed by atoms with Gasteiger partial charge < -0.3 is 5.32 Å². The molecule has 5 nitrogen and oxygen atoms in total. The lowest BCUT2D eigenvalue weighted by Crippen LogP contribution is -2.53. The fourth-order valence-corrected chi connectivity index (χ4v) is 3.18. The van der Waals surface area contributed by atoms with E-state index in [0.717, 1.165) is 50.7 Å². The van der Waals surface area contributed by atoms with Gasteiger partial charge in [-0.15, -0.1) is 11.3 Å². The highest BCUT2D eigenvalue weighted by atomic mass is 32.1. The molecule has 1 N–H and O–H groups in total. The Hall–Kier alpha value is -0.980. The molecule has 1 aromatic heterocycles. The van der Waals surface area contributed by atoms with Crippen molar-refractivity contribution >= 4 is 17.2 Å². The van der Waals surface area contributed by atoms with Crippen LogP contribution >= 0.6 is 11.3 Å². The number of amides is 1. The summed E-state index contributed by atoms with van der Waals surface area (Å²) in [6.07, 6.45) is 0.985. The molecule has 1 fully saturated rings. The summed E-state index contributed by atoms with van der Waals surface area (Å²) >= 11 is 1.71. The molecular formula is C15H26N4OS. The van der Waals surface area contributed by atoms with Crippen molar-refractivity contribution in [3.05, 3.63) is 16.1 Å². The van der Waals surface area contributed by atoms with E-state index in [0.29, 0.717) is 0 Å². The van der Waals surface area contributed by atoms with Crippen molar-refractivity contribution in [1.82, 2.24) is 20.1 Å². The fourth-order valence-electron chi connectivity index (χ4n) is 2.58. The molecule has 0 aromatic carbocycles. The van der Waals surface area contributed by atoms with E-state index in [-0.39, 0.29) is 11.9 Å². The highest BCUT2D eigenvalue weighted by Gasteiger charge is 2.25. The van der Waals surface area contributed by atoms with Crippen LogP contribution in [0.5, 0.6) is 0 Å². The summed E-state index contributed by atoms with van der Waals surface area (Å²) < 4.78 is 0. The lowest BCUT2D eigenvalue weighted by Gasteiger charge is -2.37. The molecule has 1 saturated heterocycles. The van der Waals surface area contributed by atoms with Gasteiger partial charge in [0.15, 0.2) is 0 Å². The number of piperazine rings is 1. The third-order valence-electron chi connectivity index (χ3n) is 3.94. The molecule has 1 aromatic rings. The Morgan fingerprint density at radius 2 is 2.14 bits per heavy atom. The number of hydrogen-bond donors (Lipinski definition) is 1. The molecule has 0 radical (unpaired) electrons. The highest BCUT2D eigenvalue weighted by Crippen LogP contribution is 2.13. The minimum Gasteiger partial charge on any atom is -0.355 e. The van der Waals surface area contributed by atoms with Crippen LogP contribution in [0.15, 0.2) is 5.38 Å². The Labute approximate surface area is 131 Å². The second kappa shape index (κ2) is 7.87. The van der Waals surface area contributed by atoms with Gasteiger partial charge in [0.2, 0.25) is 5.91 Å². The summed E-state index contributed by atoms with van der Waals surface area (Å²) in [7, 11) is 0. The standard InChI is InChI=1S/C15H26N4OS/c1-4-5-16-15(20)12(2)19-8-6-18(7-9-19)10-14-11-21-13(3)17-14/h11-12H,4-10H2,1-3H3,(H,16,20)/t12-/m0/s1. The summed E-state index contributed by atoms with van der Waals surface area (Å²) in [4.78, 5) is 21.2. The number of carbonyl (C=O) groups excluding carboxylic acids is 1. The number of aromatic nitrogens is 1. The molecule has 6 heteroatoms. The molecule has 0 bridgehead atoms. The second-order valence-electron chi connectivity index (χ2n) is 5.64. The monoisotopic (exact) mass is 310 g/mol. The largest absolute Gasteiger partial charge is 0.355 e. The van der Waals surface area contributed by atoms with Crippen molar-refractivity contribution in [2.45, 2.75) is 39.8 Å². The first-order valence-corrected chi connectivity index (χ1v) is 8.63. The van der Waals surface area contributed by atoms with Crippen LogP contribution in [0.25, 0.3) is 0 Å². The second-order valence-corrected chi connectivity index (χ2v) is 6.70. The van der Waals surface area contributed by atoms with Crippen LogP contribution in [0.3, 0.4) is 0 Å². The molecule has 1 aliphatic rings. The van der Waals surface area contributed by atoms with Gasteiger partial charge in [-0.05, 0) is 20.3 Å². The molecule has 0 unspecified atom stereocenters. The molecule has 0 aliphatic carbocycles. The Morgan fingerprint density at radius 1 is 1.43 bits per heavy atom. The van der Waals surface area contributed by atoms with Crippen molar-refractivity contribution in [3.63, 3.8) is 0 Å². The van der Waals surface area contributed by atoms with Crippen molar-refractivity contribution in [2.24, 2.45) is 0 Å². The quantitative estimate of drug-likeness (QED) is 0.865. The van der Waals surface area contributed by atoms with Crippen LogP contribution < -0.4 is 5.32 Å². The summed E-state index contributed by atoms with van der Waals surface area (Å²) in [6.45, 7) is 11.7. The van der Waals surface area contributed by atoms with Crippen molar-refractivity contribution in [3.8, 4) is 0 Å². The maximum absolute atomic E-state index is 12.0. The van der Waals surface area contributed by atoms with Crippen LogP contribution in [0.1, 0.15) is 31.0 Å². The van der Waals surface area contributed by atoms with Gasteiger partial charge in [-0.3, -0.25) is 14.6 Å². The van der Waals surface area contributed by atoms with E-state index in [2.05, 4.69) is 32.4 Å². The van der Waals surface area contributed by atoms with E-state index >= 15 is 0 Å². The first-order chi connectivity index (χ1) is 10.1. The predicted octanol–water partition coefficient (Wildman–Crippen LogP) is 1.48. The number of carbonyl (C=O) groups is 1. The number of hydrogen-bond acceptors (Lipinski definition) is 5. The normalized spacial score (nSPS) is 18.6. The molecule has 1 atom stereocenters. The molecule has 2 rings (SSSR count). The van der Waals surface area contributed by atoms with Gasteiger partial charge in [0.25, 0.3) is 0 Å². The maximum Gasteiger partial charge on any atom is 0.237 e. The zero-order chi connectivity index (χ0) is 15.2. The fraction of sp³-hybridized carbons (Fsp3) is 0.733. The number of thiazole rings is 1. The van der Waals surface area contributed by atoms with Crippen LogP contribution in [0.2, 0.25) is 0 Å². The van der Waals surface area contributed by atoms with E-state index in [9.17, 15) is 4.79 Å². The number of nitrogens with zero attached hydrogens (tertiary/aromatic N) is 3. The van der Waals surface area contributed by atoms with E-state index in [1.54, 1.807) is 11.3 Å². The highest BCUT2D eigenvalue weighted by molar-refractivity contribution is 7.09. The number of nitrogens with one attached hydrogen (secondary N) is 1. The average Bonchev–Trinajstić information content (AvgIpc) is 2.90. The van der Waals surface area contributed by atoms with E-state index in [1.807, 2.05) is 13.8 Å². The SMILES string of the molecule is CCCNC(=O)[C@H](C)N1CCN(Cc2csc(C)n2)CC1. The minimum atomic E-state index is -0.0276. The lowest BCUT2D eigenvalue weighted by atomic mass is 10.2. The third kappa shape index (κ3) is 4.76. The first kappa shape index (κ1) is 16.4. The minimum absolute atomic E-state index is 0.0276. The summed E-state index contributed by atoms with van der Waals surface area (Å²) in [5.74, 6) is 0.153. The number of aryl methyl sites for hydroxylation is 1. The zero-order valence-electron chi connectivity index (χ0n) is 13.3. The molecule has 1 aliphatic heterocycles. The summed E-state index contributed by atoms with van der Waals surface area (Å²) in [5.41, 5.74) is 1.17. The zero-order valence-corrected chi connectivity index (χ0v) is 14.1. The lowest BCUT2D eigenvalue weighted by molar-refractivity contribution is -0.126. The van der Waals surface area contributed by atoms with E-state index in [4.69, 9.17) is 0 Å². The van der Waals surface area contributed by atoms with Gasteiger partial charge >= 0.3 is 0 Å². The van der Waals surface area contributed by atoms with Gasteiger partial charge in [-0.25, -0.2) is 4.98 Å².